The zero-order valence-corrected chi connectivity index (χ0v) is 17.2. The number of nitrogens with one attached hydrogen (secondary N) is 1. The molecule has 0 aromatic heterocycles. The molecule has 13 heteroatoms. The summed E-state index contributed by atoms with van der Waals surface area (Å²) >= 11 is 0. The van der Waals surface area contributed by atoms with E-state index in [9.17, 15) is 49.4 Å². The number of alkyl halides is 9. The number of carboxylic acid groups (broad SMARTS) is 1. The molecule has 3 rings (SSSR count). The standard InChI is InChI=1S/C22H19F9N2O2/c1-2-15-9-17(16-8-12(20(23,24)25)3-4-18(16)33(15)19(34)35)32-10-11-5-13(21(26,27)28)7-14(6-11)22(29,30)31/h3-8,15,17,32H,2,9-10H2,1H3,(H,34,35)/i1D3,2D2. The van der Waals surface area contributed by atoms with Crippen molar-refractivity contribution in [1.82, 2.24) is 5.32 Å². The molecule has 0 saturated carbocycles. The maximum absolute atomic E-state index is 13.4. The first kappa shape index (κ1) is 20.3. The Labute approximate surface area is 200 Å². The summed E-state index contributed by atoms with van der Waals surface area (Å²) in [5, 5.41) is 12.2. The van der Waals surface area contributed by atoms with E-state index < -0.39 is 96.4 Å². The van der Waals surface area contributed by atoms with Gasteiger partial charge in [-0.2, -0.15) is 39.5 Å². The third kappa shape index (κ3) is 5.82. The summed E-state index contributed by atoms with van der Waals surface area (Å²) in [7, 11) is 0. The van der Waals surface area contributed by atoms with Crippen LogP contribution in [0, 0.1) is 0 Å². The number of halogens is 9. The van der Waals surface area contributed by atoms with Crippen LogP contribution in [0.25, 0.3) is 0 Å². The Morgan fingerprint density at radius 1 is 1.00 bits per heavy atom. The van der Waals surface area contributed by atoms with Crippen molar-refractivity contribution in [2.24, 2.45) is 0 Å². The van der Waals surface area contributed by atoms with Gasteiger partial charge in [-0.05, 0) is 60.3 Å². The van der Waals surface area contributed by atoms with E-state index in [4.69, 9.17) is 6.85 Å². The lowest BCUT2D eigenvalue weighted by Gasteiger charge is -2.39. The van der Waals surface area contributed by atoms with Gasteiger partial charge in [-0.3, -0.25) is 4.90 Å². The molecule has 1 amide bonds. The van der Waals surface area contributed by atoms with E-state index in [0.29, 0.717) is 30.3 Å². The van der Waals surface area contributed by atoms with Gasteiger partial charge >= 0.3 is 24.6 Å². The molecule has 35 heavy (non-hydrogen) atoms. The van der Waals surface area contributed by atoms with Crippen LogP contribution >= 0.6 is 0 Å². The summed E-state index contributed by atoms with van der Waals surface area (Å²) in [6, 6.07) is -1.28. The lowest BCUT2D eigenvalue weighted by Crippen LogP contribution is -2.46. The molecule has 1 aliphatic heterocycles. The predicted molar refractivity (Wildman–Crippen MR) is 107 cm³/mol. The maximum atomic E-state index is 13.4. The first-order valence-corrected chi connectivity index (χ1v) is 9.69. The second-order valence-electron chi connectivity index (χ2n) is 7.67. The van der Waals surface area contributed by atoms with E-state index in [0.717, 1.165) is 0 Å². The normalized spacial score (nSPS) is 21.9. The number of nitrogens with zero attached hydrogens (tertiary/aromatic N) is 1. The van der Waals surface area contributed by atoms with Crippen LogP contribution in [0.5, 0.6) is 0 Å². The van der Waals surface area contributed by atoms with Crippen molar-refractivity contribution in [3.63, 3.8) is 0 Å². The number of amides is 1. The van der Waals surface area contributed by atoms with E-state index in [2.05, 4.69) is 5.32 Å². The SMILES string of the molecule is [2H]C([2H])([2H])C([2H])([2H])C1CC(NCc2cc(C(F)(F)F)cc(C(F)(F)F)c2)c2cc(C(F)(F)F)ccc2N1C(=O)O. The third-order valence-electron chi connectivity index (χ3n) is 5.33. The van der Waals surface area contributed by atoms with Gasteiger partial charge in [0.1, 0.15) is 0 Å². The molecule has 192 valence electrons. The van der Waals surface area contributed by atoms with Crippen molar-refractivity contribution in [2.75, 3.05) is 4.90 Å². The minimum atomic E-state index is -5.18. The van der Waals surface area contributed by atoms with Gasteiger partial charge in [0.25, 0.3) is 0 Å². The van der Waals surface area contributed by atoms with Crippen molar-refractivity contribution in [1.29, 1.82) is 0 Å². The summed E-state index contributed by atoms with van der Waals surface area (Å²) in [5.41, 5.74) is -6.15. The van der Waals surface area contributed by atoms with Gasteiger partial charge < -0.3 is 10.4 Å². The van der Waals surface area contributed by atoms with Gasteiger partial charge in [0.05, 0.1) is 22.4 Å². The molecule has 0 saturated heterocycles. The quantitative estimate of drug-likeness (QED) is 0.419. The van der Waals surface area contributed by atoms with Crippen LogP contribution in [0.2, 0.25) is 0 Å². The number of carbonyl (C=O) groups is 1. The average Bonchev–Trinajstić information content (AvgIpc) is 2.78. The Bertz CT molecular complexity index is 1250. The number of hydrogen-bond acceptors (Lipinski definition) is 2. The molecule has 2 N–H and O–H groups in total. The number of rotatable bonds is 4. The topological polar surface area (TPSA) is 52.6 Å². The molecule has 2 atom stereocenters. The van der Waals surface area contributed by atoms with Crippen molar-refractivity contribution in [2.45, 2.75) is 56.8 Å². The molecule has 2 unspecified atom stereocenters. The lowest BCUT2D eigenvalue weighted by molar-refractivity contribution is -0.143. The first-order valence-electron chi connectivity index (χ1n) is 12.2. The van der Waals surface area contributed by atoms with Crippen molar-refractivity contribution < 1.29 is 56.3 Å². The summed E-state index contributed by atoms with van der Waals surface area (Å²) in [6.45, 7) is -4.24. The second kappa shape index (κ2) is 9.25. The Morgan fingerprint density at radius 3 is 2.06 bits per heavy atom. The van der Waals surface area contributed by atoms with Crippen LogP contribution in [-0.2, 0) is 25.1 Å². The number of benzene rings is 2. The summed E-state index contributed by atoms with van der Waals surface area (Å²) in [5.74, 6) is 0. The number of anilines is 1. The Balaban J connectivity index is 2.14. The fourth-order valence-electron chi connectivity index (χ4n) is 3.77. The second-order valence-corrected chi connectivity index (χ2v) is 7.67. The van der Waals surface area contributed by atoms with Gasteiger partial charge in [-0.25, -0.2) is 4.79 Å². The Hall–Kier alpha value is -2.96. The number of fused-ring (bicyclic) bond motifs is 1. The predicted octanol–water partition coefficient (Wildman–Crippen LogP) is 7.24. The fraction of sp³-hybridized carbons (Fsp3) is 0.409. The summed E-state index contributed by atoms with van der Waals surface area (Å²) in [4.78, 5) is 12.3. The molecule has 1 heterocycles. The highest BCUT2D eigenvalue weighted by Gasteiger charge is 2.39. The van der Waals surface area contributed by atoms with E-state index in [1.807, 2.05) is 0 Å². The molecule has 0 aliphatic carbocycles. The molecule has 2 aromatic rings. The molecule has 0 radical (unpaired) electrons. The van der Waals surface area contributed by atoms with Gasteiger partial charge in [-0.15, -0.1) is 0 Å². The Kier molecular flexibility index (Phi) is 5.35. The van der Waals surface area contributed by atoms with Crippen LogP contribution in [0.4, 0.5) is 50.0 Å². The molecule has 2 aromatic carbocycles. The zero-order chi connectivity index (χ0) is 30.6. The molecular formula is C22H19F9N2O2. The lowest BCUT2D eigenvalue weighted by atomic mass is 9.88. The van der Waals surface area contributed by atoms with Crippen LogP contribution in [-0.4, -0.2) is 17.2 Å². The smallest absolute Gasteiger partial charge is 0.416 e. The van der Waals surface area contributed by atoms with Gasteiger partial charge in [-0.1, -0.05) is 6.85 Å². The maximum Gasteiger partial charge on any atom is 0.416 e. The summed E-state index contributed by atoms with van der Waals surface area (Å²) in [6.07, 6.45) is -21.3. The van der Waals surface area contributed by atoms with Crippen LogP contribution in [0.15, 0.2) is 36.4 Å². The average molecular weight is 519 g/mol. The van der Waals surface area contributed by atoms with E-state index in [-0.39, 0.29) is 11.0 Å². The zero-order valence-electron chi connectivity index (χ0n) is 22.2. The largest absolute Gasteiger partial charge is 0.465 e. The first-order chi connectivity index (χ1) is 17.9. The van der Waals surface area contributed by atoms with E-state index >= 15 is 0 Å². The Morgan fingerprint density at radius 2 is 1.57 bits per heavy atom. The third-order valence-corrected chi connectivity index (χ3v) is 5.33. The van der Waals surface area contributed by atoms with E-state index in [1.54, 1.807) is 0 Å². The molecule has 0 bridgehead atoms. The van der Waals surface area contributed by atoms with Crippen molar-refractivity contribution >= 4 is 11.8 Å². The molecular weight excluding hydrogens is 495 g/mol. The molecule has 0 fully saturated rings. The van der Waals surface area contributed by atoms with Gasteiger partial charge in [0, 0.05) is 25.5 Å². The van der Waals surface area contributed by atoms with Gasteiger partial charge in [0.2, 0.25) is 0 Å². The van der Waals surface area contributed by atoms with Crippen molar-refractivity contribution in [3.8, 4) is 0 Å². The van der Waals surface area contributed by atoms with Crippen LogP contribution < -0.4 is 10.2 Å². The van der Waals surface area contributed by atoms with Crippen LogP contribution in [0.1, 0.15) is 60.4 Å². The highest BCUT2D eigenvalue weighted by Crippen LogP contribution is 2.42. The molecule has 0 spiro atoms. The molecule has 1 aliphatic rings. The summed E-state index contributed by atoms with van der Waals surface area (Å²) < 4.78 is 159. The van der Waals surface area contributed by atoms with Crippen molar-refractivity contribution in [3.05, 3.63) is 64.2 Å². The van der Waals surface area contributed by atoms with Gasteiger partial charge in [0.15, 0.2) is 0 Å². The number of hydrogen-bond donors (Lipinski definition) is 2. The van der Waals surface area contributed by atoms with E-state index in [1.165, 1.54) is 0 Å². The highest BCUT2D eigenvalue weighted by molar-refractivity contribution is 5.89. The highest BCUT2D eigenvalue weighted by atomic mass is 19.4. The fourth-order valence-corrected chi connectivity index (χ4v) is 3.77. The monoisotopic (exact) mass is 519 g/mol. The van der Waals surface area contributed by atoms with Crippen LogP contribution in [0.3, 0.4) is 0 Å². The minimum Gasteiger partial charge on any atom is -0.465 e. The molecule has 4 nitrogen and oxygen atoms in total. The minimum absolute atomic E-state index is 0.124.